The van der Waals surface area contributed by atoms with Crippen LogP contribution >= 0.6 is 15.6 Å². The van der Waals surface area contributed by atoms with E-state index < -0.39 is 97.5 Å². The first kappa shape index (κ1) is 96.1. The molecule has 0 radical (unpaired) electrons. The molecule has 0 heterocycles. The van der Waals surface area contributed by atoms with Gasteiger partial charge in [0.1, 0.15) is 19.3 Å². The van der Waals surface area contributed by atoms with E-state index in [0.717, 1.165) is 103 Å². The normalized spacial score (nSPS) is 13.8. The third kappa shape index (κ3) is 72.4. The van der Waals surface area contributed by atoms with E-state index in [1.165, 1.54) is 244 Å². The molecule has 0 spiro atoms. The molecule has 0 fully saturated rings. The molecule has 17 nitrogen and oxygen atoms in total. The average Bonchev–Trinajstić information content (AvgIpc) is 0.961. The Hall–Kier alpha value is -1.94. The van der Waals surface area contributed by atoms with E-state index in [2.05, 4.69) is 27.7 Å². The molecule has 0 aromatic carbocycles. The lowest BCUT2D eigenvalue weighted by atomic mass is 10.0. The van der Waals surface area contributed by atoms with Gasteiger partial charge in [0.2, 0.25) is 0 Å². The number of ether oxygens (including phenoxy) is 4. The van der Waals surface area contributed by atoms with Gasteiger partial charge >= 0.3 is 39.5 Å². The van der Waals surface area contributed by atoms with Crippen molar-refractivity contribution in [1.29, 1.82) is 0 Å². The van der Waals surface area contributed by atoms with Gasteiger partial charge in [0.05, 0.1) is 26.4 Å². The van der Waals surface area contributed by atoms with E-state index in [4.69, 9.17) is 37.0 Å². The van der Waals surface area contributed by atoms with Gasteiger partial charge in [0.25, 0.3) is 0 Å². The van der Waals surface area contributed by atoms with Gasteiger partial charge in [-0.15, -0.1) is 0 Å². The summed E-state index contributed by atoms with van der Waals surface area (Å²) in [7, 11) is -9.91. The molecule has 3 N–H and O–H groups in total. The van der Waals surface area contributed by atoms with Crippen LogP contribution in [0.1, 0.15) is 426 Å². The Bertz CT molecular complexity index is 1860. The van der Waals surface area contributed by atoms with Crippen molar-refractivity contribution in [2.75, 3.05) is 39.6 Å². The van der Waals surface area contributed by atoms with Crippen LogP contribution in [0, 0.1) is 0 Å². The monoisotopic (exact) mass is 1440 g/mol. The Balaban J connectivity index is 5.17. The number of aliphatic hydroxyl groups excluding tert-OH is 1. The minimum Gasteiger partial charge on any atom is -0.462 e. The highest BCUT2D eigenvalue weighted by Gasteiger charge is 2.30. The first-order valence-corrected chi connectivity index (χ1v) is 44.3. The predicted molar refractivity (Wildman–Crippen MR) is 400 cm³/mol. The van der Waals surface area contributed by atoms with Crippen molar-refractivity contribution in [3.8, 4) is 0 Å². The molecule has 582 valence electrons. The zero-order valence-corrected chi connectivity index (χ0v) is 65.6. The van der Waals surface area contributed by atoms with E-state index >= 15 is 0 Å². The van der Waals surface area contributed by atoms with Crippen molar-refractivity contribution in [1.82, 2.24) is 0 Å². The number of unbranched alkanes of at least 4 members (excludes halogenated alkanes) is 54. The Morgan fingerprint density at radius 3 is 0.602 bits per heavy atom. The van der Waals surface area contributed by atoms with Crippen LogP contribution < -0.4 is 0 Å². The van der Waals surface area contributed by atoms with Crippen molar-refractivity contribution >= 4 is 39.5 Å². The quantitative estimate of drug-likeness (QED) is 0.0222. The van der Waals surface area contributed by atoms with Crippen LogP contribution in [0.5, 0.6) is 0 Å². The van der Waals surface area contributed by atoms with Gasteiger partial charge < -0.3 is 33.8 Å². The fourth-order valence-electron chi connectivity index (χ4n) is 12.3. The van der Waals surface area contributed by atoms with Crippen molar-refractivity contribution < 1.29 is 80.2 Å². The van der Waals surface area contributed by atoms with Crippen LogP contribution in [-0.2, 0) is 65.4 Å². The summed E-state index contributed by atoms with van der Waals surface area (Å²) >= 11 is 0. The van der Waals surface area contributed by atoms with Gasteiger partial charge in [0.15, 0.2) is 12.2 Å². The van der Waals surface area contributed by atoms with Crippen LogP contribution in [0.15, 0.2) is 0 Å². The van der Waals surface area contributed by atoms with E-state index in [1.54, 1.807) is 0 Å². The molecule has 5 atom stereocenters. The average molecular weight is 1440 g/mol. The molecular formula is C79H154O17P2. The number of phosphoric acid groups is 2. The standard InChI is InChI=1S/C79H154O17P2/c1-5-9-13-17-21-24-27-30-33-36-39-42-45-48-52-56-60-64-77(82)90-70-75(96-79(84)66-62-58-54-50-47-44-41-38-35-32-29-26-23-19-15-11-7-3)72-94-98(87,88)92-68-73(80)67-91-97(85,86)93-71-74(69-89-76(81)63-59-55-51-20-16-12-8-4)95-78(83)65-61-57-53-49-46-43-40-37-34-31-28-25-22-18-14-10-6-2/h73-75,80H,5-72H2,1-4H3,(H,85,86)(H,87,88)/t73-,74+,75+/m0/s1. The third-order valence-electron chi connectivity index (χ3n) is 18.6. The summed E-state index contributed by atoms with van der Waals surface area (Å²) in [6, 6.07) is 0. The van der Waals surface area contributed by atoms with E-state index in [1.807, 2.05) is 0 Å². The van der Waals surface area contributed by atoms with E-state index in [-0.39, 0.29) is 25.7 Å². The van der Waals surface area contributed by atoms with Crippen molar-refractivity contribution in [3.05, 3.63) is 0 Å². The number of carbonyl (C=O) groups is 4. The molecule has 0 bridgehead atoms. The summed E-state index contributed by atoms with van der Waals surface area (Å²) < 4.78 is 68.6. The molecule has 19 heteroatoms. The Morgan fingerprint density at radius 1 is 0.245 bits per heavy atom. The summed E-state index contributed by atoms with van der Waals surface area (Å²) in [6.07, 6.45) is 65.3. The van der Waals surface area contributed by atoms with Gasteiger partial charge in [-0.1, -0.05) is 374 Å². The van der Waals surface area contributed by atoms with Crippen LogP contribution in [0.2, 0.25) is 0 Å². The maximum Gasteiger partial charge on any atom is 0.472 e. The van der Waals surface area contributed by atoms with E-state index in [0.29, 0.717) is 25.7 Å². The molecule has 0 aliphatic carbocycles. The lowest BCUT2D eigenvalue weighted by Crippen LogP contribution is -2.30. The first-order valence-electron chi connectivity index (χ1n) is 41.3. The van der Waals surface area contributed by atoms with Gasteiger partial charge in [-0.05, 0) is 25.7 Å². The first-order chi connectivity index (χ1) is 47.7. The number of hydrogen-bond acceptors (Lipinski definition) is 15. The second-order valence-corrected chi connectivity index (χ2v) is 31.4. The fourth-order valence-corrected chi connectivity index (χ4v) is 13.9. The smallest absolute Gasteiger partial charge is 0.462 e. The highest BCUT2D eigenvalue weighted by molar-refractivity contribution is 7.47. The Kier molecular flexibility index (Phi) is 71.9. The van der Waals surface area contributed by atoms with Crippen molar-refractivity contribution in [2.45, 2.75) is 444 Å². The molecule has 0 aliphatic rings. The highest BCUT2D eigenvalue weighted by Crippen LogP contribution is 2.45. The highest BCUT2D eigenvalue weighted by atomic mass is 31.2. The number of rotatable bonds is 80. The number of hydrogen-bond donors (Lipinski definition) is 3. The van der Waals surface area contributed by atoms with Crippen LogP contribution in [0.3, 0.4) is 0 Å². The molecule has 0 aromatic rings. The van der Waals surface area contributed by atoms with Crippen molar-refractivity contribution in [3.63, 3.8) is 0 Å². The maximum absolute atomic E-state index is 13.1. The fraction of sp³-hybridized carbons (Fsp3) is 0.949. The lowest BCUT2D eigenvalue weighted by molar-refractivity contribution is -0.161. The molecule has 0 aliphatic heterocycles. The predicted octanol–water partition coefficient (Wildman–Crippen LogP) is 23.8. The minimum atomic E-state index is -4.96. The Morgan fingerprint density at radius 2 is 0.408 bits per heavy atom. The molecule has 0 saturated carbocycles. The molecule has 0 rings (SSSR count). The van der Waals surface area contributed by atoms with Gasteiger partial charge in [0, 0.05) is 25.7 Å². The van der Waals surface area contributed by atoms with Gasteiger partial charge in [-0.25, -0.2) is 9.13 Å². The third-order valence-corrected chi connectivity index (χ3v) is 20.5. The summed E-state index contributed by atoms with van der Waals surface area (Å²) in [6.45, 7) is 4.98. The van der Waals surface area contributed by atoms with Gasteiger partial charge in [-0.3, -0.25) is 37.3 Å². The van der Waals surface area contributed by atoms with E-state index in [9.17, 15) is 43.2 Å². The second kappa shape index (κ2) is 73.4. The topological polar surface area (TPSA) is 237 Å². The molecule has 2 unspecified atom stereocenters. The second-order valence-electron chi connectivity index (χ2n) is 28.5. The molecule has 0 aromatic heterocycles. The minimum absolute atomic E-state index is 0.109. The Labute approximate surface area is 600 Å². The zero-order valence-electron chi connectivity index (χ0n) is 63.8. The van der Waals surface area contributed by atoms with Gasteiger partial charge in [-0.2, -0.15) is 0 Å². The zero-order chi connectivity index (χ0) is 71.8. The molecule has 98 heavy (non-hydrogen) atoms. The largest absolute Gasteiger partial charge is 0.472 e. The van der Waals surface area contributed by atoms with Crippen LogP contribution in [0.4, 0.5) is 0 Å². The summed E-state index contributed by atoms with van der Waals surface area (Å²) in [5.41, 5.74) is 0. The summed E-state index contributed by atoms with van der Waals surface area (Å²) in [5.74, 6) is -2.11. The molecular weight excluding hydrogens is 1280 g/mol. The number of aliphatic hydroxyl groups is 1. The summed E-state index contributed by atoms with van der Waals surface area (Å²) in [5, 5.41) is 10.6. The SMILES string of the molecule is CCCCCCCCCCCCCCCCCCCC(=O)OC[C@H](COP(=O)(O)OC[C@@H](O)COP(=O)(O)OC[C@@H](COC(=O)CCCCCCCCC)OC(=O)CCCCCCCCCCCCCCCCCCC)OC(=O)CCCCCCCCCCCCCCCCCCC. The molecule has 0 amide bonds. The molecule has 0 saturated heterocycles. The number of esters is 4. The van der Waals surface area contributed by atoms with Crippen LogP contribution in [-0.4, -0.2) is 96.7 Å². The number of phosphoric ester groups is 2. The summed E-state index contributed by atoms with van der Waals surface area (Å²) in [4.78, 5) is 72.8. The maximum atomic E-state index is 13.1. The van der Waals surface area contributed by atoms with Crippen molar-refractivity contribution in [2.24, 2.45) is 0 Å². The lowest BCUT2D eigenvalue weighted by Gasteiger charge is -2.21. The number of carbonyl (C=O) groups excluding carboxylic acids is 4. The van der Waals surface area contributed by atoms with Crippen LogP contribution in [0.25, 0.3) is 0 Å².